The highest BCUT2D eigenvalue weighted by Gasteiger charge is 2.07. The number of aliphatic hydroxyl groups excluding tert-OH is 1. The second-order valence-corrected chi connectivity index (χ2v) is 4.90. The van der Waals surface area contributed by atoms with Gasteiger partial charge in [0.25, 0.3) is 0 Å². The predicted molar refractivity (Wildman–Crippen MR) is 74.9 cm³/mol. The average molecular weight is 251 g/mol. The van der Waals surface area contributed by atoms with Gasteiger partial charge in [-0.05, 0) is 44.5 Å². The lowest BCUT2D eigenvalue weighted by atomic mass is 10.0. The fraction of sp³-hybridized carbons (Fsp3) is 0.600. The van der Waals surface area contributed by atoms with Crippen LogP contribution in [0.1, 0.15) is 17.5 Å². The van der Waals surface area contributed by atoms with Crippen molar-refractivity contribution in [3.8, 4) is 0 Å². The maximum atomic E-state index is 9.61. The fourth-order valence-corrected chi connectivity index (χ4v) is 2.13. The first-order valence-corrected chi connectivity index (χ1v) is 6.53. The number of hydrogen-bond acceptors (Lipinski definition) is 3. The molecule has 0 bridgehead atoms. The summed E-state index contributed by atoms with van der Waals surface area (Å²) in [5, 5.41) is 9.61. The molecule has 0 aliphatic carbocycles. The second-order valence-electron chi connectivity index (χ2n) is 4.90. The Labute approximate surface area is 110 Å². The third kappa shape index (κ3) is 5.63. The topological polar surface area (TPSA) is 32.7 Å². The summed E-state index contributed by atoms with van der Waals surface area (Å²) in [6.07, 6.45) is 1.82. The van der Waals surface area contributed by atoms with Gasteiger partial charge in [-0.3, -0.25) is 0 Å². The van der Waals surface area contributed by atoms with Crippen molar-refractivity contribution in [1.82, 2.24) is 4.90 Å². The predicted octanol–water partition coefficient (Wildman–Crippen LogP) is 1.87. The summed E-state index contributed by atoms with van der Waals surface area (Å²) in [7, 11) is 3.65. The Morgan fingerprint density at radius 2 is 2.06 bits per heavy atom. The van der Waals surface area contributed by atoms with Gasteiger partial charge < -0.3 is 14.7 Å². The molecule has 0 aliphatic rings. The van der Waals surface area contributed by atoms with E-state index < -0.39 is 6.10 Å². The van der Waals surface area contributed by atoms with Crippen LogP contribution in [0.5, 0.6) is 0 Å². The number of benzene rings is 1. The number of methoxy groups -OCH3 is 1. The minimum atomic E-state index is -0.390. The van der Waals surface area contributed by atoms with Crippen molar-refractivity contribution in [2.45, 2.75) is 25.9 Å². The van der Waals surface area contributed by atoms with E-state index in [2.05, 4.69) is 36.1 Å². The number of nitrogens with zero attached hydrogens (tertiary/aromatic N) is 1. The third-order valence-corrected chi connectivity index (χ3v) is 3.13. The summed E-state index contributed by atoms with van der Waals surface area (Å²) in [4.78, 5) is 2.15. The van der Waals surface area contributed by atoms with Crippen molar-refractivity contribution < 1.29 is 9.84 Å². The van der Waals surface area contributed by atoms with Crippen LogP contribution in [0.4, 0.5) is 0 Å². The van der Waals surface area contributed by atoms with Crippen LogP contribution in [0, 0.1) is 6.92 Å². The van der Waals surface area contributed by atoms with E-state index in [0.717, 1.165) is 19.4 Å². The molecular weight excluding hydrogens is 226 g/mol. The molecule has 0 heterocycles. The van der Waals surface area contributed by atoms with E-state index in [-0.39, 0.29) is 0 Å². The van der Waals surface area contributed by atoms with Crippen LogP contribution in [-0.2, 0) is 11.2 Å². The van der Waals surface area contributed by atoms with E-state index >= 15 is 0 Å². The summed E-state index contributed by atoms with van der Waals surface area (Å²) in [5.74, 6) is 0. The zero-order valence-corrected chi connectivity index (χ0v) is 11.7. The third-order valence-electron chi connectivity index (χ3n) is 3.13. The summed E-state index contributed by atoms with van der Waals surface area (Å²) < 4.78 is 4.92. The van der Waals surface area contributed by atoms with E-state index in [1.807, 2.05) is 7.05 Å². The maximum Gasteiger partial charge on any atom is 0.0899 e. The zero-order valence-electron chi connectivity index (χ0n) is 11.7. The molecule has 0 fully saturated rings. The average Bonchev–Trinajstić information content (AvgIpc) is 2.31. The molecule has 3 nitrogen and oxygen atoms in total. The van der Waals surface area contributed by atoms with Crippen LogP contribution in [0.2, 0.25) is 0 Å². The lowest BCUT2D eigenvalue weighted by Crippen LogP contribution is -2.32. The molecule has 0 amide bonds. The van der Waals surface area contributed by atoms with Crippen molar-refractivity contribution in [3.63, 3.8) is 0 Å². The van der Waals surface area contributed by atoms with Crippen molar-refractivity contribution in [2.24, 2.45) is 0 Å². The number of rotatable bonds is 8. The van der Waals surface area contributed by atoms with Crippen LogP contribution in [0.25, 0.3) is 0 Å². The molecule has 1 rings (SSSR count). The van der Waals surface area contributed by atoms with E-state index in [9.17, 15) is 5.11 Å². The number of ether oxygens (including phenoxy) is 1. The van der Waals surface area contributed by atoms with Crippen molar-refractivity contribution in [3.05, 3.63) is 35.4 Å². The molecule has 0 saturated carbocycles. The van der Waals surface area contributed by atoms with Gasteiger partial charge in [-0.2, -0.15) is 0 Å². The summed E-state index contributed by atoms with van der Waals surface area (Å²) in [5.41, 5.74) is 2.78. The molecule has 18 heavy (non-hydrogen) atoms. The summed E-state index contributed by atoms with van der Waals surface area (Å²) >= 11 is 0. The van der Waals surface area contributed by atoms with Gasteiger partial charge in [0, 0.05) is 13.7 Å². The number of aryl methyl sites for hydroxylation is 2. The first-order valence-electron chi connectivity index (χ1n) is 6.53. The minimum Gasteiger partial charge on any atom is -0.389 e. The van der Waals surface area contributed by atoms with Gasteiger partial charge in [0.2, 0.25) is 0 Å². The number of aliphatic hydroxyl groups is 1. The maximum absolute atomic E-state index is 9.61. The lowest BCUT2D eigenvalue weighted by Gasteiger charge is -2.20. The number of likely N-dealkylation sites (N-methyl/N-ethyl adjacent to an activating group) is 1. The molecule has 0 saturated heterocycles. The Morgan fingerprint density at radius 1 is 1.33 bits per heavy atom. The Hall–Kier alpha value is -0.900. The van der Waals surface area contributed by atoms with Gasteiger partial charge >= 0.3 is 0 Å². The standard InChI is InChI=1S/C15H25NO2/c1-13-7-4-5-8-14(13)9-6-10-16(2)11-15(17)12-18-3/h4-5,7-8,15,17H,6,9-12H2,1-3H3. The van der Waals surface area contributed by atoms with Crippen LogP contribution in [-0.4, -0.2) is 50.0 Å². The summed E-state index contributed by atoms with van der Waals surface area (Å²) in [6, 6.07) is 8.51. The SMILES string of the molecule is COCC(O)CN(C)CCCc1ccccc1C. The number of hydrogen-bond donors (Lipinski definition) is 1. The molecule has 1 unspecified atom stereocenters. The molecule has 0 radical (unpaired) electrons. The first-order chi connectivity index (χ1) is 8.63. The minimum absolute atomic E-state index is 0.390. The molecule has 1 N–H and O–H groups in total. The second kappa shape index (κ2) is 8.25. The quantitative estimate of drug-likeness (QED) is 0.765. The normalized spacial score (nSPS) is 12.9. The molecule has 0 spiro atoms. The van der Waals surface area contributed by atoms with E-state index in [1.54, 1.807) is 7.11 Å². The molecule has 3 heteroatoms. The highest BCUT2D eigenvalue weighted by atomic mass is 16.5. The van der Waals surface area contributed by atoms with Crippen LogP contribution in [0.3, 0.4) is 0 Å². The van der Waals surface area contributed by atoms with Gasteiger partial charge in [-0.25, -0.2) is 0 Å². The van der Waals surface area contributed by atoms with Gasteiger partial charge in [-0.15, -0.1) is 0 Å². The molecule has 102 valence electrons. The Bertz CT molecular complexity index is 341. The monoisotopic (exact) mass is 251 g/mol. The van der Waals surface area contributed by atoms with E-state index in [4.69, 9.17) is 4.74 Å². The lowest BCUT2D eigenvalue weighted by molar-refractivity contribution is 0.0431. The molecule has 1 atom stereocenters. The van der Waals surface area contributed by atoms with E-state index in [1.165, 1.54) is 11.1 Å². The van der Waals surface area contributed by atoms with E-state index in [0.29, 0.717) is 13.2 Å². The Morgan fingerprint density at radius 3 is 2.72 bits per heavy atom. The molecule has 1 aromatic rings. The van der Waals surface area contributed by atoms with Crippen LogP contribution in [0.15, 0.2) is 24.3 Å². The van der Waals surface area contributed by atoms with Crippen molar-refractivity contribution in [1.29, 1.82) is 0 Å². The largest absolute Gasteiger partial charge is 0.389 e. The first kappa shape index (κ1) is 15.2. The van der Waals surface area contributed by atoms with Gasteiger partial charge in [0.1, 0.15) is 0 Å². The molecule has 1 aromatic carbocycles. The highest BCUT2D eigenvalue weighted by molar-refractivity contribution is 5.25. The van der Waals surface area contributed by atoms with Gasteiger partial charge in [-0.1, -0.05) is 24.3 Å². The molecule has 0 aliphatic heterocycles. The van der Waals surface area contributed by atoms with Crippen LogP contribution >= 0.6 is 0 Å². The smallest absolute Gasteiger partial charge is 0.0899 e. The molecular formula is C15H25NO2. The van der Waals surface area contributed by atoms with Crippen molar-refractivity contribution >= 4 is 0 Å². The van der Waals surface area contributed by atoms with Crippen LogP contribution < -0.4 is 0 Å². The van der Waals surface area contributed by atoms with Crippen molar-refractivity contribution in [2.75, 3.05) is 33.9 Å². The zero-order chi connectivity index (χ0) is 13.4. The highest BCUT2D eigenvalue weighted by Crippen LogP contribution is 2.09. The van der Waals surface area contributed by atoms with Gasteiger partial charge in [0.05, 0.1) is 12.7 Å². The Balaban J connectivity index is 2.23. The Kier molecular flexibility index (Phi) is 6.94. The molecule has 0 aromatic heterocycles. The summed E-state index contributed by atoms with van der Waals surface area (Å²) in [6.45, 7) is 4.22. The van der Waals surface area contributed by atoms with Gasteiger partial charge in [0.15, 0.2) is 0 Å². The fourth-order valence-electron chi connectivity index (χ4n) is 2.13.